The Balaban J connectivity index is 1.68. The highest BCUT2D eigenvalue weighted by Crippen LogP contribution is 2.19. The number of ether oxygens (including phenoxy) is 1. The summed E-state index contributed by atoms with van der Waals surface area (Å²) in [6.07, 6.45) is -0.0413. The van der Waals surface area contributed by atoms with E-state index in [-0.39, 0.29) is 17.9 Å². The summed E-state index contributed by atoms with van der Waals surface area (Å²) in [7, 11) is 0. The van der Waals surface area contributed by atoms with Crippen LogP contribution in [-0.2, 0) is 4.79 Å². The van der Waals surface area contributed by atoms with Crippen LogP contribution >= 0.6 is 0 Å². The highest BCUT2D eigenvalue weighted by atomic mass is 16.5. The summed E-state index contributed by atoms with van der Waals surface area (Å²) in [5.74, 6) is 0.895. The van der Waals surface area contributed by atoms with E-state index in [1.54, 1.807) is 0 Å². The molecule has 1 aliphatic rings. The summed E-state index contributed by atoms with van der Waals surface area (Å²) < 4.78 is 5.66. The van der Waals surface area contributed by atoms with Crippen molar-refractivity contribution in [2.75, 3.05) is 26.2 Å². The number of hydrogen-bond acceptors (Lipinski definition) is 4. The molecule has 1 heterocycles. The van der Waals surface area contributed by atoms with Gasteiger partial charge in [-0.1, -0.05) is 12.1 Å². The van der Waals surface area contributed by atoms with E-state index in [0.29, 0.717) is 26.1 Å². The van der Waals surface area contributed by atoms with Gasteiger partial charge in [-0.25, -0.2) is 0 Å². The second kappa shape index (κ2) is 7.43. The molecule has 1 saturated heterocycles. The average Bonchev–Trinajstić information content (AvgIpc) is 2.86. The third kappa shape index (κ3) is 4.72. The van der Waals surface area contributed by atoms with E-state index >= 15 is 0 Å². The van der Waals surface area contributed by atoms with E-state index in [9.17, 15) is 9.90 Å². The maximum absolute atomic E-state index is 11.8. The minimum atomic E-state index is -0.364. The van der Waals surface area contributed by atoms with Crippen molar-refractivity contribution in [3.05, 3.63) is 29.3 Å². The van der Waals surface area contributed by atoms with Gasteiger partial charge in [0.05, 0.1) is 19.1 Å². The van der Waals surface area contributed by atoms with E-state index < -0.39 is 0 Å². The lowest BCUT2D eigenvalue weighted by Gasteiger charge is -2.14. The van der Waals surface area contributed by atoms with E-state index in [1.165, 1.54) is 0 Å². The molecule has 3 N–H and O–H groups in total. The van der Waals surface area contributed by atoms with Gasteiger partial charge in [0.15, 0.2) is 0 Å². The SMILES string of the molecule is Cc1ccc(C)c(OCCC(=O)NCC2CNCC2O)c1. The van der Waals surface area contributed by atoms with Crippen LogP contribution in [0.5, 0.6) is 5.75 Å². The normalized spacial score (nSPS) is 21.3. The maximum Gasteiger partial charge on any atom is 0.223 e. The number of hydrogen-bond donors (Lipinski definition) is 3. The van der Waals surface area contributed by atoms with Crippen molar-refractivity contribution in [3.8, 4) is 5.75 Å². The van der Waals surface area contributed by atoms with E-state index in [1.807, 2.05) is 32.0 Å². The molecule has 0 radical (unpaired) electrons. The molecule has 5 nitrogen and oxygen atoms in total. The molecule has 0 bridgehead atoms. The lowest BCUT2D eigenvalue weighted by molar-refractivity contribution is -0.121. The van der Waals surface area contributed by atoms with Crippen molar-refractivity contribution >= 4 is 5.91 Å². The number of nitrogens with one attached hydrogen (secondary N) is 2. The smallest absolute Gasteiger partial charge is 0.223 e. The molecule has 116 valence electrons. The molecule has 0 spiro atoms. The number of β-amino-alcohol motifs (C(OH)–C–C–N with tert-alkyl or cyclic N) is 1. The summed E-state index contributed by atoms with van der Waals surface area (Å²) >= 11 is 0. The molecule has 2 atom stereocenters. The summed E-state index contributed by atoms with van der Waals surface area (Å²) in [6.45, 7) is 6.23. The van der Waals surface area contributed by atoms with Crippen LogP contribution in [0.15, 0.2) is 18.2 Å². The minimum absolute atomic E-state index is 0.0422. The average molecular weight is 292 g/mol. The van der Waals surface area contributed by atoms with Crippen LogP contribution < -0.4 is 15.4 Å². The first-order chi connectivity index (χ1) is 10.1. The Kier molecular flexibility index (Phi) is 5.59. The fraction of sp³-hybridized carbons (Fsp3) is 0.562. The molecule has 1 aromatic rings. The summed E-state index contributed by atoms with van der Waals surface area (Å²) in [5, 5.41) is 15.6. The van der Waals surface area contributed by atoms with Gasteiger partial charge in [-0.15, -0.1) is 0 Å². The standard InChI is InChI=1S/C16H24N2O3/c1-11-3-4-12(2)15(7-11)21-6-5-16(20)18-9-13-8-17-10-14(13)19/h3-4,7,13-14,17,19H,5-6,8-10H2,1-2H3,(H,18,20). The summed E-state index contributed by atoms with van der Waals surface area (Å²) in [6, 6.07) is 6.03. The van der Waals surface area contributed by atoms with Crippen molar-refractivity contribution in [1.82, 2.24) is 10.6 Å². The molecule has 21 heavy (non-hydrogen) atoms. The molecule has 1 amide bonds. The topological polar surface area (TPSA) is 70.6 Å². The zero-order chi connectivity index (χ0) is 15.2. The Morgan fingerprint density at radius 2 is 2.24 bits per heavy atom. The first-order valence-electron chi connectivity index (χ1n) is 7.42. The van der Waals surface area contributed by atoms with Crippen molar-refractivity contribution in [1.29, 1.82) is 0 Å². The Labute approximate surface area is 125 Å². The van der Waals surface area contributed by atoms with Gasteiger partial charge in [0.25, 0.3) is 0 Å². The van der Waals surface area contributed by atoms with Gasteiger partial charge in [-0.05, 0) is 31.0 Å². The number of rotatable bonds is 6. The van der Waals surface area contributed by atoms with Crippen LogP contribution in [0.2, 0.25) is 0 Å². The molecular formula is C16H24N2O3. The van der Waals surface area contributed by atoms with Crippen LogP contribution in [-0.4, -0.2) is 43.4 Å². The van der Waals surface area contributed by atoms with Crippen LogP contribution in [0, 0.1) is 19.8 Å². The van der Waals surface area contributed by atoms with Crippen molar-refractivity contribution in [2.45, 2.75) is 26.4 Å². The highest BCUT2D eigenvalue weighted by molar-refractivity contribution is 5.76. The molecule has 1 fully saturated rings. The molecule has 0 aliphatic carbocycles. The van der Waals surface area contributed by atoms with Gasteiger partial charge in [0, 0.05) is 25.6 Å². The van der Waals surface area contributed by atoms with Gasteiger partial charge in [-0.3, -0.25) is 4.79 Å². The fourth-order valence-electron chi connectivity index (χ4n) is 2.38. The van der Waals surface area contributed by atoms with Gasteiger partial charge in [-0.2, -0.15) is 0 Å². The zero-order valence-electron chi connectivity index (χ0n) is 12.7. The maximum atomic E-state index is 11.8. The number of aryl methyl sites for hydroxylation is 2. The van der Waals surface area contributed by atoms with Crippen LogP contribution in [0.4, 0.5) is 0 Å². The summed E-state index contributed by atoms with van der Waals surface area (Å²) in [5.41, 5.74) is 2.21. The van der Waals surface area contributed by atoms with Crippen LogP contribution in [0.3, 0.4) is 0 Å². The second-order valence-corrected chi connectivity index (χ2v) is 5.66. The van der Waals surface area contributed by atoms with Gasteiger partial charge >= 0.3 is 0 Å². The number of amides is 1. The Morgan fingerprint density at radius 3 is 2.95 bits per heavy atom. The lowest BCUT2D eigenvalue weighted by Crippen LogP contribution is -2.34. The number of aliphatic hydroxyl groups is 1. The quantitative estimate of drug-likeness (QED) is 0.724. The van der Waals surface area contributed by atoms with Crippen molar-refractivity contribution in [3.63, 3.8) is 0 Å². The molecule has 0 aromatic heterocycles. The van der Waals surface area contributed by atoms with Gasteiger partial charge < -0.3 is 20.5 Å². The van der Waals surface area contributed by atoms with Gasteiger partial charge in [0.2, 0.25) is 5.91 Å². The largest absolute Gasteiger partial charge is 0.493 e. The first kappa shape index (κ1) is 15.8. The third-order valence-electron chi connectivity index (χ3n) is 3.80. The minimum Gasteiger partial charge on any atom is -0.493 e. The first-order valence-corrected chi connectivity index (χ1v) is 7.42. The Hall–Kier alpha value is -1.59. The predicted molar refractivity (Wildman–Crippen MR) is 81.4 cm³/mol. The molecular weight excluding hydrogens is 268 g/mol. The monoisotopic (exact) mass is 292 g/mol. The predicted octanol–water partition coefficient (Wildman–Crippen LogP) is 0.769. The Bertz CT molecular complexity index is 490. The lowest BCUT2D eigenvalue weighted by atomic mass is 10.1. The summed E-state index contributed by atoms with van der Waals surface area (Å²) in [4.78, 5) is 11.8. The molecule has 2 rings (SSSR count). The zero-order valence-corrected chi connectivity index (χ0v) is 12.7. The highest BCUT2D eigenvalue weighted by Gasteiger charge is 2.24. The van der Waals surface area contributed by atoms with Gasteiger partial charge in [0.1, 0.15) is 5.75 Å². The van der Waals surface area contributed by atoms with E-state index in [2.05, 4.69) is 10.6 Å². The molecule has 5 heteroatoms. The number of carbonyl (C=O) groups excluding carboxylic acids is 1. The van der Waals surface area contributed by atoms with Crippen LogP contribution in [0.25, 0.3) is 0 Å². The third-order valence-corrected chi connectivity index (χ3v) is 3.80. The van der Waals surface area contributed by atoms with Crippen LogP contribution in [0.1, 0.15) is 17.5 Å². The number of aliphatic hydroxyl groups excluding tert-OH is 1. The van der Waals surface area contributed by atoms with E-state index in [4.69, 9.17) is 4.74 Å². The fourth-order valence-corrected chi connectivity index (χ4v) is 2.38. The van der Waals surface area contributed by atoms with Crippen molar-refractivity contribution in [2.24, 2.45) is 5.92 Å². The molecule has 1 aliphatic heterocycles. The van der Waals surface area contributed by atoms with Crippen molar-refractivity contribution < 1.29 is 14.6 Å². The second-order valence-electron chi connectivity index (χ2n) is 5.66. The Morgan fingerprint density at radius 1 is 1.43 bits per heavy atom. The number of carbonyl (C=O) groups is 1. The molecule has 0 saturated carbocycles. The number of benzene rings is 1. The molecule has 1 aromatic carbocycles. The van der Waals surface area contributed by atoms with E-state index in [0.717, 1.165) is 23.4 Å². The molecule has 2 unspecified atom stereocenters.